The van der Waals surface area contributed by atoms with Crippen LogP contribution in [0.2, 0.25) is 0 Å². The van der Waals surface area contributed by atoms with Crippen molar-refractivity contribution in [2.75, 3.05) is 6.54 Å². The quantitative estimate of drug-likeness (QED) is 0.597. The molecular formula is C23H25FN2O. The molecule has 0 saturated heterocycles. The molecule has 0 amide bonds. The number of aliphatic hydroxyl groups excluding tert-OH is 1. The lowest BCUT2D eigenvalue weighted by molar-refractivity contribution is 0.320. The minimum absolute atomic E-state index is 0.0339. The van der Waals surface area contributed by atoms with E-state index in [0.717, 1.165) is 33.3 Å². The van der Waals surface area contributed by atoms with E-state index in [0.29, 0.717) is 18.2 Å². The maximum absolute atomic E-state index is 13.8. The molecule has 4 rings (SSSR count). The largest absolute Gasteiger partial charge is 0.511 e. The Balaban J connectivity index is 1.92. The van der Waals surface area contributed by atoms with E-state index in [1.54, 1.807) is 12.1 Å². The summed E-state index contributed by atoms with van der Waals surface area (Å²) in [6, 6.07) is 15.0. The average molecular weight is 364 g/mol. The summed E-state index contributed by atoms with van der Waals surface area (Å²) in [7, 11) is 0. The van der Waals surface area contributed by atoms with Crippen molar-refractivity contribution in [3.63, 3.8) is 0 Å². The van der Waals surface area contributed by atoms with E-state index >= 15 is 0 Å². The van der Waals surface area contributed by atoms with Gasteiger partial charge in [0.15, 0.2) is 0 Å². The van der Waals surface area contributed by atoms with Crippen LogP contribution in [-0.2, 0) is 0 Å². The predicted octanol–water partition coefficient (Wildman–Crippen LogP) is 5.19. The molecule has 0 aliphatic carbocycles. The van der Waals surface area contributed by atoms with Crippen LogP contribution < -0.4 is 5.32 Å². The molecule has 140 valence electrons. The number of rotatable bonds is 4. The Hall–Kier alpha value is -2.59. The number of aliphatic hydroxyl groups is 1. The van der Waals surface area contributed by atoms with Crippen LogP contribution in [0.1, 0.15) is 36.6 Å². The second-order valence-electron chi connectivity index (χ2n) is 7.71. The van der Waals surface area contributed by atoms with Crippen LogP contribution in [-0.4, -0.2) is 22.7 Å². The fourth-order valence-corrected chi connectivity index (χ4v) is 4.20. The summed E-state index contributed by atoms with van der Waals surface area (Å²) in [6.07, 6.45) is 0. The number of hydrogen-bond acceptors (Lipinski definition) is 2. The Bertz CT molecular complexity index is 1000. The minimum atomic E-state index is -0.239. The predicted molar refractivity (Wildman–Crippen MR) is 108 cm³/mol. The van der Waals surface area contributed by atoms with Gasteiger partial charge in [-0.15, -0.1) is 0 Å². The van der Waals surface area contributed by atoms with Gasteiger partial charge in [-0.25, -0.2) is 4.39 Å². The number of nitrogens with one attached hydrogen (secondary N) is 2. The first-order valence-electron chi connectivity index (χ1n) is 9.45. The van der Waals surface area contributed by atoms with E-state index < -0.39 is 0 Å². The van der Waals surface area contributed by atoms with Gasteiger partial charge < -0.3 is 15.4 Å². The number of aromatic nitrogens is 1. The Morgan fingerprint density at radius 1 is 1.11 bits per heavy atom. The van der Waals surface area contributed by atoms with Crippen molar-refractivity contribution >= 4 is 10.9 Å². The molecule has 3 nitrogen and oxygen atoms in total. The molecule has 0 spiro atoms. The lowest BCUT2D eigenvalue weighted by Crippen LogP contribution is -2.30. The molecule has 3 N–H and O–H groups in total. The zero-order chi connectivity index (χ0) is 19.1. The number of fused-ring (bicyclic) bond motifs is 1. The van der Waals surface area contributed by atoms with Gasteiger partial charge in [-0.05, 0) is 47.7 Å². The van der Waals surface area contributed by atoms with Crippen molar-refractivity contribution in [2.24, 2.45) is 5.92 Å². The summed E-state index contributed by atoms with van der Waals surface area (Å²) in [5.74, 6) is 0.398. The summed E-state index contributed by atoms with van der Waals surface area (Å²) in [5, 5.41) is 15.3. The van der Waals surface area contributed by atoms with E-state index in [1.165, 1.54) is 6.07 Å². The maximum Gasteiger partial charge on any atom is 0.123 e. The molecule has 0 bridgehead atoms. The molecule has 0 radical (unpaired) electrons. The number of aryl methyl sites for hydroxylation is 1. The topological polar surface area (TPSA) is 48.0 Å². The Morgan fingerprint density at radius 3 is 2.52 bits per heavy atom. The monoisotopic (exact) mass is 364 g/mol. The molecule has 0 saturated carbocycles. The lowest BCUT2D eigenvalue weighted by atomic mass is 9.85. The summed E-state index contributed by atoms with van der Waals surface area (Å²) < 4.78 is 13.8. The standard InChI is InChI=1S/C23H25FN2O/c1-13(2)21-23(27)18(12-25-21)20(15-7-5-4-6-8-15)22-14(3)17-11-16(24)9-10-19(17)26-22/h4-11,13,20-21,25-27H,12H2,1-3H3. The first-order chi connectivity index (χ1) is 13.0. The molecular weight excluding hydrogens is 339 g/mol. The lowest BCUT2D eigenvalue weighted by Gasteiger charge is -2.20. The zero-order valence-corrected chi connectivity index (χ0v) is 15.9. The van der Waals surface area contributed by atoms with Crippen LogP contribution in [0.15, 0.2) is 59.9 Å². The van der Waals surface area contributed by atoms with Crippen LogP contribution in [0.3, 0.4) is 0 Å². The van der Waals surface area contributed by atoms with Crippen LogP contribution in [0.25, 0.3) is 10.9 Å². The Morgan fingerprint density at radius 2 is 1.85 bits per heavy atom. The fraction of sp³-hybridized carbons (Fsp3) is 0.304. The van der Waals surface area contributed by atoms with Crippen LogP contribution in [0, 0.1) is 18.7 Å². The number of halogens is 1. The number of H-pyrrole nitrogens is 1. The molecule has 2 aromatic carbocycles. The second kappa shape index (κ2) is 6.86. The third-order valence-electron chi connectivity index (χ3n) is 5.63. The van der Waals surface area contributed by atoms with E-state index in [1.807, 2.05) is 25.1 Å². The third kappa shape index (κ3) is 3.04. The molecule has 1 aromatic heterocycles. The van der Waals surface area contributed by atoms with Crippen molar-refractivity contribution in [3.8, 4) is 0 Å². The van der Waals surface area contributed by atoms with E-state index in [9.17, 15) is 9.50 Å². The molecule has 1 aliphatic heterocycles. The number of benzene rings is 2. The Labute approximate surface area is 158 Å². The highest BCUT2D eigenvalue weighted by atomic mass is 19.1. The summed E-state index contributed by atoms with van der Waals surface area (Å²) >= 11 is 0. The van der Waals surface area contributed by atoms with Gasteiger partial charge in [-0.3, -0.25) is 0 Å². The molecule has 2 unspecified atom stereocenters. The molecule has 4 heteroatoms. The molecule has 27 heavy (non-hydrogen) atoms. The van der Waals surface area contributed by atoms with E-state index in [2.05, 4.69) is 36.3 Å². The normalized spacial score (nSPS) is 18.6. The molecule has 0 fully saturated rings. The maximum atomic E-state index is 13.8. The molecule has 3 aromatic rings. The van der Waals surface area contributed by atoms with E-state index in [-0.39, 0.29) is 17.8 Å². The number of hydrogen-bond donors (Lipinski definition) is 3. The fourth-order valence-electron chi connectivity index (χ4n) is 4.20. The van der Waals surface area contributed by atoms with Crippen molar-refractivity contribution < 1.29 is 9.50 Å². The van der Waals surface area contributed by atoms with Gasteiger partial charge >= 0.3 is 0 Å². The van der Waals surface area contributed by atoms with Crippen LogP contribution in [0.5, 0.6) is 0 Å². The van der Waals surface area contributed by atoms with Crippen LogP contribution >= 0.6 is 0 Å². The first-order valence-corrected chi connectivity index (χ1v) is 9.45. The molecule has 2 heterocycles. The van der Waals surface area contributed by atoms with Gasteiger partial charge in [-0.2, -0.15) is 0 Å². The van der Waals surface area contributed by atoms with Crippen LogP contribution in [0.4, 0.5) is 4.39 Å². The van der Waals surface area contributed by atoms with Crippen molar-refractivity contribution in [1.29, 1.82) is 0 Å². The SMILES string of the molecule is Cc1c(C(C2=C(O)C(C(C)C)NC2)c2ccccc2)[nH]c2ccc(F)cc12. The van der Waals surface area contributed by atoms with Gasteiger partial charge in [0.25, 0.3) is 0 Å². The first kappa shape index (κ1) is 17.8. The third-order valence-corrected chi connectivity index (χ3v) is 5.63. The van der Waals surface area contributed by atoms with Gasteiger partial charge in [0, 0.05) is 23.1 Å². The smallest absolute Gasteiger partial charge is 0.123 e. The van der Waals surface area contributed by atoms with Crippen molar-refractivity contribution in [3.05, 3.63) is 82.5 Å². The highest BCUT2D eigenvalue weighted by Gasteiger charge is 2.34. The summed E-state index contributed by atoms with van der Waals surface area (Å²) in [5.41, 5.74) is 5.04. The Kier molecular flexibility index (Phi) is 4.52. The van der Waals surface area contributed by atoms with Gasteiger partial charge in [0.1, 0.15) is 11.6 Å². The average Bonchev–Trinajstić information content (AvgIpc) is 3.18. The van der Waals surface area contributed by atoms with Gasteiger partial charge in [-0.1, -0.05) is 44.2 Å². The van der Waals surface area contributed by atoms with E-state index in [4.69, 9.17) is 0 Å². The number of aromatic amines is 1. The van der Waals surface area contributed by atoms with Gasteiger partial charge in [0.2, 0.25) is 0 Å². The highest BCUT2D eigenvalue weighted by molar-refractivity contribution is 5.85. The van der Waals surface area contributed by atoms with Gasteiger partial charge in [0.05, 0.1) is 12.0 Å². The zero-order valence-electron chi connectivity index (χ0n) is 15.9. The second-order valence-corrected chi connectivity index (χ2v) is 7.71. The highest BCUT2D eigenvalue weighted by Crippen LogP contribution is 2.39. The summed E-state index contributed by atoms with van der Waals surface area (Å²) in [6.45, 7) is 6.86. The molecule has 1 aliphatic rings. The summed E-state index contributed by atoms with van der Waals surface area (Å²) in [4.78, 5) is 3.49. The minimum Gasteiger partial charge on any atom is -0.511 e. The van der Waals surface area contributed by atoms with Crippen molar-refractivity contribution in [1.82, 2.24) is 10.3 Å². The van der Waals surface area contributed by atoms with Crippen molar-refractivity contribution in [2.45, 2.75) is 32.7 Å². The molecule has 2 atom stereocenters.